The van der Waals surface area contributed by atoms with Gasteiger partial charge in [0.1, 0.15) is 0 Å². The van der Waals surface area contributed by atoms with Crippen LogP contribution in [0.2, 0.25) is 0 Å². The highest BCUT2D eigenvalue weighted by Gasteiger charge is 2.21. The summed E-state index contributed by atoms with van der Waals surface area (Å²) in [5.74, 6) is 0. The molecule has 2 aromatic heterocycles. The molecular weight excluding hydrogens is 637 g/mol. The molecule has 0 aliphatic carbocycles. The molecule has 0 fully saturated rings. The fourth-order valence-electron chi connectivity index (χ4n) is 7.67. The number of benzene rings is 8. The van der Waals surface area contributed by atoms with Gasteiger partial charge in [0, 0.05) is 48.0 Å². The fourth-order valence-corrected chi connectivity index (χ4v) is 8.91. The van der Waals surface area contributed by atoms with E-state index in [1.165, 1.54) is 64.2 Å². The van der Waals surface area contributed by atoms with Gasteiger partial charge in [-0.15, -0.1) is 11.3 Å². The van der Waals surface area contributed by atoms with Crippen molar-refractivity contribution in [2.45, 2.75) is 0 Å². The molecule has 10 aromatic rings. The zero-order valence-electron chi connectivity index (χ0n) is 27.8. The molecule has 0 spiro atoms. The second kappa shape index (κ2) is 12.2. The highest BCUT2D eigenvalue weighted by atomic mass is 32.1. The third kappa shape index (κ3) is 4.93. The molecule has 8 aromatic carbocycles. The van der Waals surface area contributed by atoms with Gasteiger partial charge in [-0.1, -0.05) is 133 Å². The Morgan fingerprint density at radius 3 is 1.73 bits per heavy atom. The van der Waals surface area contributed by atoms with Gasteiger partial charge >= 0.3 is 0 Å². The lowest BCUT2D eigenvalue weighted by Gasteiger charge is -2.27. The highest BCUT2D eigenvalue weighted by molar-refractivity contribution is 7.26. The Bertz CT molecular complexity index is 2830. The maximum absolute atomic E-state index is 2.42. The van der Waals surface area contributed by atoms with Crippen LogP contribution in [0.3, 0.4) is 0 Å². The Balaban J connectivity index is 1.17. The Kier molecular flexibility index (Phi) is 7.04. The fraction of sp³-hybridized carbons (Fsp3) is 0. The summed E-state index contributed by atoms with van der Waals surface area (Å²) in [5.41, 5.74) is 11.8. The van der Waals surface area contributed by atoms with E-state index in [0.29, 0.717) is 0 Å². The molecule has 0 aliphatic rings. The van der Waals surface area contributed by atoms with Crippen LogP contribution < -0.4 is 4.90 Å². The summed E-state index contributed by atoms with van der Waals surface area (Å²) in [6.45, 7) is 0. The number of fused-ring (bicyclic) bond motifs is 6. The molecule has 10 rings (SSSR count). The molecule has 2 nitrogen and oxygen atoms in total. The largest absolute Gasteiger partial charge is 0.310 e. The van der Waals surface area contributed by atoms with Gasteiger partial charge in [0.15, 0.2) is 0 Å². The molecule has 0 unspecified atom stereocenters. The Labute approximate surface area is 300 Å². The average Bonchev–Trinajstić information content (AvgIpc) is 3.76. The number of hydrogen-bond donors (Lipinski definition) is 0. The minimum atomic E-state index is 1.11. The normalized spacial score (nSPS) is 11.5. The molecule has 240 valence electrons. The zero-order valence-corrected chi connectivity index (χ0v) is 28.6. The first kappa shape index (κ1) is 29.5. The van der Waals surface area contributed by atoms with E-state index in [4.69, 9.17) is 0 Å². The minimum Gasteiger partial charge on any atom is -0.310 e. The third-order valence-electron chi connectivity index (χ3n) is 10.0. The quantitative estimate of drug-likeness (QED) is 0.171. The lowest BCUT2D eigenvalue weighted by Crippen LogP contribution is -2.10. The lowest BCUT2D eigenvalue weighted by atomic mass is 10.0. The predicted molar refractivity (Wildman–Crippen MR) is 219 cm³/mol. The van der Waals surface area contributed by atoms with Crippen molar-refractivity contribution in [2.75, 3.05) is 4.90 Å². The van der Waals surface area contributed by atoms with Crippen molar-refractivity contribution >= 4 is 70.4 Å². The van der Waals surface area contributed by atoms with Crippen molar-refractivity contribution in [3.8, 4) is 27.9 Å². The molecule has 0 N–H and O–H groups in total. The van der Waals surface area contributed by atoms with Crippen molar-refractivity contribution in [3.05, 3.63) is 194 Å². The van der Waals surface area contributed by atoms with Crippen LogP contribution in [0, 0.1) is 0 Å². The van der Waals surface area contributed by atoms with Crippen molar-refractivity contribution < 1.29 is 0 Å². The average molecular weight is 669 g/mol. The van der Waals surface area contributed by atoms with Crippen LogP contribution in [0.4, 0.5) is 17.1 Å². The molecular formula is C48H32N2S. The molecule has 0 saturated carbocycles. The van der Waals surface area contributed by atoms with Crippen LogP contribution in [0.15, 0.2) is 194 Å². The second-order valence-corrected chi connectivity index (χ2v) is 14.0. The molecule has 0 amide bonds. The van der Waals surface area contributed by atoms with E-state index in [1.54, 1.807) is 0 Å². The van der Waals surface area contributed by atoms with Crippen LogP contribution in [0.1, 0.15) is 0 Å². The number of thiophene rings is 1. The van der Waals surface area contributed by atoms with Gasteiger partial charge in [-0.2, -0.15) is 0 Å². The molecule has 0 aliphatic heterocycles. The second-order valence-electron chi connectivity index (χ2n) is 12.9. The standard InChI is InChI=1S/C48H32N2S/c1-3-13-33(14-4-1)34-25-29-37(30-26-34)49(38-31-27-35(28-32-38)39-19-11-20-41-40-17-8-10-24-46(40)51-48(39)41)44-22-12-23-45-47(44)42-18-7-9-21-43(42)50(45)36-15-5-2-6-16-36/h1-32H. The van der Waals surface area contributed by atoms with E-state index < -0.39 is 0 Å². The first-order valence-corrected chi connectivity index (χ1v) is 18.2. The van der Waals surface area contributed by atoms with Crippen LogP contribution in [0.25, 0.3) is 69.9 Å². The van der Waals surface area contributed by atoms with E-state index in [2.05, 4.69) is 204 Å². The van der Waals surface area contributed by atoms with Gasteiger partial charge in [-0.05, 0) is 82.9 Å². The van der Waals surface area contributed by atoms with E-state index >= 15 is 0 Å². The van der Waals surface area contributed by atoms with Crippen LogP contribution in [0.5, 0.6) is 0 Å². The molecule has 0 atom stereocenters. The topological polar surface area (TPSA) is 8.17 Å². The molecule has 0 radical (unpaired) electrons. The van der Waals surface area contributed by atoms with Crippen molar-refractivity contribution in [1.29, 1.82) is 0 Å². The zero-order chi connectivity index (χ0) is 33.7. The summed E-state index contributed by atoms with van der Waals surface area (Å²) in [7, 11) is 0. The Morgan fingerprint density at radius 1 is 0.392 bits per heavy atom. The summed E-state index contributed by atoms with van der Waals surface area (Å²) in [5, 5.41) is 5.09. The number of aromatic nitrogens is 1. The SMILES string of the molecule is c1ccc(-c2ccc(N(c3ccc(-c4cccc5c4sc4ccccc45)cc3)c3cccc4c3c3ccccc3n4-c3ccccc3)cc2)cc1. The third-order valence-corrected chi connectivity index (χ3v) is 11.2. The molecule has 51 heavy (non-hydrogen) atoms. The number of anilines is 3. The lowest BCUT2D eigenvalue weighted by molar-refractivity contribution is 1.18. The number of para-hydroxylation sites is 2. The summed E-state index contributed by atoms with van der Waals surface area (Å²) in [6.07, 6.45) is 0. The van der Waals surface area contributed by atoms with Crippen LogP contribution >= 0.6 is 11.3 Å². The number of nitrogens with zero attached hydrogens (tertiary/aromatic N) is 2. The molecule has 3 heteroatoms. The van der Waals surface area contributed by atoms with E-state index in [1.807, 2.05) is 11.3 Å². The van der Waals surface area contributed by atoms with Crippen LogP contribution in [-0.4, -0.2) is 4.57 Å². The molecule has 0 bridgehead atoms. The van der Waals surface area contributed by atoms with E-state index in [-0.39, 0.29) is 0 Å². The maximum Gasteiger partial charge on any atom is 0.0562 e. The Hall–Kier alpha value is -6.42. The summed E-state index contributed by atoms with van der Waals surface area (Å²) < 4.78 is 5.04. The molecule has 0 saturated heterocycles. The van der Waals surface area contributed by atoms with Crippen molar-refractivity contribution in [2.24, 2.45) is 0 Å². The van der Waals surface area contributed by atoms with Crippen molar-refractivity contribution in [1.82, 2.24) is 4.57 Å². The van der Waals surface area contributed by atoms with Gasteiger partial charge in [-0.3, -0.25) is 0 Å². The van der Waals surface area contributed by atoms with E-state index in [0.717, 1.165) is 22.7 Å². The van der Waals surface area contributed by atoms with Gasteiger partial charge in [0.2, 0.25) is 0 Å². The first-order valence-electron chi connectivity index (χ1n) is 17.4. The predicted octanol–water partition coefficient (Wildman–Crippen LogP) is 14.0. The number of hydrogen-bond acceptors (Lipinski definition) is 2. The summed E-state index contributed by atoms with van der Waals surface area (Å²) in [4.78, 5) is 2.42. The van der Waals surface area contributed by atoms with E-state index in [9.17, 15) is 0 Å². The molecule has 2 heterocycles. The smallest absolute Gasteiger partial charge is 0.0562 e. The summed E-state index contributed by atoms with van der Waals surface area (Å²) >= 11 is 1.88. The monoisotopic (exact) mass is 668 g/mol. The first-order chi connectivity index (χ1) is 25.3. The van der Waals surface area contributed by atoms with Gasteiger partial charge in [-0.25, -0.2) is 0 Å². The van der Waals surface area contributed by atoms with Gasteiger partial charge < -0.3 is 9.47 Å². The maximum atomic E-state index is 2.42. The van der Waals surface area contributed by atoms with Gasteiger partial charge in [0.25, 0.3) is 0 Å². The van der Waals surface area contributed by atoms with Gasteiger partial charge in [0.05, 0.1) is 16.7 Å². The van der Waals surface area contributed by atoms with Crippen LogP contribution in [-0.2, 0) is 0 Å². The minimum absolute atomic E-state index is 1.11. The van der Waals surface area contributed by atoms with Crippen molar-refractivity contribution in [3.63, 3.8) is 0 Å². The Morgan fingerprint density at radius 2 is 0.961 bits per heavy atom. The highest BCUT2D eigenvalue weighted by Crippen LogP contribution is 2.45. The summed E-state index contributed by atoms with van der Waals surface area (Å²) in [6, 6.07) is 70.3. The number of rotatable bonds is 6.